The van der Waals surface area contributed by atoms with Crippen molar-refractivity contribution in [3.05, 3.63) is 59.8 Å². The third-order valence-electron chi connectivity index (χ3n) is 5.70. The Labute approximate surface area is 169 Å². The van der Waals surface area contributed by atoms with Crippen molar-refractivity contribution in [2.24, 2.45) is 0 Å². The summed E-state index contributed by atoms with van der Waals surface area (Å²) < 4.78 is 7.41. The van der Waals surface area contributed by atoms with Gasteiger partial charge < -0.3 is 14.9 Å². The molecular weight excluding hydrogens is 370 g/mol. The average molecular weight is 395 g/mol. The summed E-state index contributed by atoms with van der Waals surface area (Å²) in [5.41, 5.74) is 1.72. The third kappa shape index (κ3) is 3.41. The molecule has 1 aliphatic rings. The molecule has 0 aromatic carbocycles. The highest BCUT2D eigenvalue weighted by molar-refractivity contribution is 5.97. The normalized spacial score (nSPS) is 24.1. The number of imidazole rings is 1. The first-order chi connectivity index (χ1) is 13.9. The van der Waals surface area contributed by atoms with Crippen molar-refractivity contribution in [2.45, 2.75) is 50.7 Å². The van der Waals surface area contributed by atoms with E-state index in [-0.39, 0.29) is 25.0 Å². The molecule has 3 aromatic heterocycles. The van der Waals surface area contributed by atoms with Gasteiger partial charge in [0.25, 0.3) is 0 Å². The Morgan fingerprint density at radius 2 is 2.00 bits per heavy atom. The predicted octanol–water partition coefficient (Wildman–Crippen LogP) is 2.46. The van der Waals surface area contributed by atoms with Crippen LogP contribution in [0.4, 0.5) is 0 Å². The molecule has 2 N–H and O–H groups in total. The standard InChI is InChI=1S/C22H25N3O4/c1-3-29-18-7-6-10-25-20(14(2)24-21(18)25)17(28)13-22(11-15(26)16(27)12-22)19-8-4-5-9-23-19/h4-10,15-16,26-27H,3,11-13H2,1-2H3/t15-,16+,22?. The molecule has 0 aliphatic heterocycles. The Kier molecular flexibility index (Phi) is 5.10. The topological polar surface area (TPSA) is 97.0 Å². The number of carbonyl (C=O) groups excluding carboxylic acids is 1. The van der Waals surface area contributed by atoms with E-state index in [0.717, 1.165) is 0 Å². The molecule has 3 atom stereocenters. The van der Waals surface area contributed by atoms with Gasteiger partial charge in [0.05, 0.1) is 24.5 Å². The highest BCUT2D eigenvalue weighted by Gasteiger charge is 2.47. The highest BCUT2D eigenvalue weighted by Crippen LogP contribution is 2.44. The van der Waals surface area contributed by atoms with E-state index in [4.69, 9.17) is 4.74 Å². The molecule has 7 heteroatoms. The number of aromatic nitrogens is 3. The van der Waals surface area contributed by atoms with E-state index in [1.54, 1.807) is 16.8 Å². The maximum atomic E-state index is 13.5. The zero-order chi connectivity index (χ0) is 20.6. The van der Waals surface area contributed by atoms with Crippen molar-refractivity contribution < 1.29 is 19.7 Å². The van der Waals surface area contributed by atoms with Crippen molar-refractivity contribution in [1.82, 2.24) is 14.4 Å². The van der Waals surface area contributed by atoms with Gasteiger partial charge in [-0.1, -0.05) is 6.07 Å². The minimum Gasteiger partial charge on any atom is -0.490 e. The largest absolute Gasteiger partial charge is 0.490 e. The zero-order valence-electron chi connectivity index (χ0n) is 16.6. The first-order valence-electron chi connectivity index (χ1n) is 9.86. The second-order valence-corrected chi connectivity index (χ2v) is 7.68. The van der Waals surface area contributed by atoms with Gasteiger partial charge in [-0.2, -0.15) is 0 Å². The molecule has 7 nitrogen and oxygen atoms in total. The molecule has 1 unspecified atom stereocenters. The molecule has 0 bridgehead atoms. The van der Waals surface area contributed by atoms with Crippen molar-refractivity contribution in [2.75, 3.05) is 6.61 Å². The summed E-state index contributed by atoms with van der Waals surface area (Å²) in [5.74, 6) is 0.527. The molecule has 152 valence electrons. The molecular formula is C22H25N3O4. The fourth-order valence-corrected chi connectivity index (χ4v) is 4.43. The van der Waals surface area contributed by atoms with Gasteiger partial charge >= 0.3 is 0 Å². The van der Waals surface area contributed by atoms with Gasteiger partial charge in [0.2, 0.25) is 0 Å². The quantitative estimate of drug-likeness (QED) is 0.623. The number of aryl methyl sites for hydroxylation is 1. The number of fused-ring (bicyclic) bond motifs is 1. The number of ketones is 1. The summed E-state index contributed by atoms with van der Waals surface area (Å²) in [6.45, 7) is 4.22. The number of ether oxygens (including phenoxy) is 1. The number of aliphatic hydroxyl groups is 2. The van der Waals surface area contributed by atoms with Gasteiger partial charge in [0.15, 0.2) is 17.2 Å². The molecule has 0 saturated heterocycles. The number of carbonyl (C=O) groups is 1. The van der Waals surface area contributed by atoms with Crippen LogP contribution in [0.5, 0.6) is 5.75 Å². The van der Waals surface area contributed by atoms with Gasteiger partial charge in [0, 0.05) is 29.9 Å². The Hall–Kier alpha value is -2.77. The monoisotopic (exact) mass is 395 g/mol. The summed E-state index contributed by atoms with van der Waals surface area (Å²) in [6.07, 6.45) is 2.43. The molecule has 1 aliphatic carbocycles. The van der Waals surface area contributed by atoms with E-state index >= 15 is 0 Å². The van der Waals surface area contributed by atoms with Gasteiger partial charge in [-0.25, -0.2) is 4.98 Å². The number of rotatable bonds is 6. The number of pyridine rings is 2. The summed E-state index contributed by atoms with van der Waals surface area (Å²) in [7, 11) is 0. The maximum Gasteiger partial charge on any atom is 0.182 e. The molecule has 0 spiro atoms. The van der Waals surface area contributed by atoms with E-state index in [2.05, 4.69) is 9.97 Å². The first kappa shape index (κ1) is 19.5. The van der Waals surface area contributed by atoms with Crippen LogP contribution in [0.3, 0.4) is 0 Å². The smallest absolute Gasteiger partial charge is 0.182 e. The number of Topliss-reactive ketones (excluding diaryl/α,β-unsaturated/α-hetero) is 1. The summed E-state index contributed by atoms with van der Waals surface area (Å²) >= 11 is 0. The number of nitrogens with zero attached hydrogens (tertiary/aromatic N) is 3. The second-order valence-electron chi connectivity index (χ2n) is 7.68. The van der Waals surface area contributed by atoms with Gasteiger partial charge in [0.1, 0.15) is 5.69 Å². The van der Waals surface area contributed by atoms with Gasteiger partial charge in [-0.15, -0.1) is 0 Å². The number of hydrogen-bond donors (Lipinski definition) is 2. The van der Waals surface area contributed by atoms with E-state index in [0.29, 0.717) is 35.1 Å². The molecule has 0 amide bonds. The Morgan fingerprint density at radius 1 is 1.24 bits per heavy atom. The van der Waals surface area contributed by atoms with Crippen LogP contribution in [0, 0.1) is 6.92 Å². The molecule has 3 heterocycles. The first-order valence-corrected chi connectivity index (χ1v) is 9.86. The minimum atomic E-state index is -0.877. The van der Waals surface area contributed by atoms with Crippen LogP contribution >= 0.6 is 0 Å². The highest BCUT2D eigenvalue weighted by atomic mass is 16.5. The number of hydrogen-bond acceptors (Lipinski definition) is 6. The Balaban J connectivity index is 1.74. The van der Waals surface area contributed by atoms with Crippen molar-refractivity contribution in [3.63, 3.8) is 0 Å². The second kappa shape index (κ2) is 7.57. The van der Waals surface area contributed by atoms with Crippen LogP contribution < -0.4 is 4.74 Å². The molecule has 1 fully saturated rings. The molecule has 3 aromatic rings. The van der Waals surface area contributed by atoms with E-state index in [9.17, 15) is 15.0 Å². The minimum absolute atomic E-state index is 0.101. The SMILES string of the molecule is CCOc1cccn2c(C(=O)CC3(c4ccccn4)C[C@@H](O)[C@@H](O)C3)c(C)nc12. The Bertz CT molecular complexity index is 1020. The summed E-state index contributed by atoms with van der Waals surface area (Å²) in [5, 5.41) is 20.5. The molecule has 4 rings (SSSR count). The van der Waals surface area contributed by atoms with E-state index < -0.39 is 17.6 Å². The average Bonchev–Trinajstić information content (AvgIpc) is 3.19. The zero-order valence-corrected chi connectivity index (χ0v) is 16.6. The van der Waals surface area contributed by atoms with Gasteiger partial charge in [-0.05, 0) is 51.0 Å². The lowest BCUT2D eigenvalue weighted by Crippen LogP contribution is -2.29. The fraction of sp³-hybridized carbons (Fsp3) is 0.409. The predicted molar refractivity (Wildman–Crippen MR) is 107 cm³/mol. The maximum absolute atomic E-state index is 13.5. The fourth-order valence-electron chi connectivity index (χ4n) is 4.43. The van der Waals surface area contributed by atoms with Crippen LogP contribution in [-0.4, -0.2) is 49.2 Å². The van der Waals surface area contributed by atoms with Gasteiger partial charge in [-0.3, -0.25) is 14.2 Å². The molecule has 29 heavy (non-hydrogen) atoms. The van der Waals surface area contributed by atoms with Crippen LogP contribution in [-0.2, 0) is 5.41 Å². The summed E-state index contributed by atoms with van der Waals surface area (Å²) in [6, 6.07) is 9.18. The van der Waals surface area contributed by atoms with Crippen molar-refractivity contribution in [3.8, 4) is 5.75 Å². The lowest BCUT2D eigenvalue weighted by atomic mass is 9.77. The summed E-state index contributed by atoms with van der Waals surface area (Å²) in [4.78, 5) is 22.5. The van der Waals surface area contributed by atoms with E-state index in [1.807, 2.05) is 44.2 Å². The molecule has 0 radical (unpaired) electrons. The Morgan fingerprint density at radius 3 is 2.66 bits per heavy atom. The van der Waals surface area contributed by atoms with Crippen LogP contribution in [0.15, 0.2) is 42.7 Å². The number of aliphatic hydroxyl groups excluding tert-OH is 2. The van der Waals surface area contributed by atoms with E-state index in [1.165, 1.54) is 0 Å². The third-order valence-corrected chi connectivity index (χ3v) is 5.70. The van der Waals surface area contributed by atoms with Crippen LogP contribution in [0.1, 0.15) is 48.1 Å². The lowest BCUT2D eigenvalue weighted by molar-refractivity contribution is 0.0438. The van der Waals surface area contributed by atoms with Crippen LogP contribution in [0.2, 0.25) is 0 Å². The van der Waals surface area contributed by atoms with Crippen molar-refractivity contribution >= 4 is 11.4 Å². The lowest BCUT2D eigenvalue weighted by Gasteiger charge is -2.27. The van der Waals surface area contributed by atoms with Crippen LogP contribution in [0.25, 0.3) is 5.65 Å². The molecule has 1 saturated carbocycles. The van der Waals surface area contributed by atoms with Crippen molar-refractivity contribution in [1.29, 1.82) is 0 Å².